The Labute approximate surface area is 127 Å². The fourth-order valence-electron chi connectivity index (χ4n) is 2.55. The molecular formula is C16H26N4O. The van der Waals surface area contributed by atoms with Crippen molar-refractivity contribution in [2.75, 3.05) is 52.0 Å². The molecule has 2 rings (SSSR count). The summed E-state index contributed by atoms with van der Waals surface area (Å²) in [4.78, 5) is 18.8. The number of carbonyl (C=O) groups is 1. The molecular weight excluding hydrogens is 264 g/mol. The van der Waals surface area contributed by atoms with Gasteiger partial charge in [-0.1, -0.05) is 25.1 Å². The van der Waals surface area contributed by atoms with Crippen molar-refractivity contribution in [2.24, 2.45) is 0 Å². The molecule has 5 heteroatoms. The SMILES string of the molecule is CCN(CC(=O)N1CCN(C)CC1)Cc1ccccc1N. The molecule has 1 aliphatic heterocycles. The average Bonchev–Trinajstić information content (AvgIpc) is 2.49. The number of likely N-dealkylation sites (N-methyl/N-ethyl adjacent to an activating group) is 2. The van der Waals surface area contributed by atoms with Crippen LogP contribution in [0.15, 0.2) is 24.3 Å². The van der Waals surface area contributed by atoms with Crippen molar-refractivity contribution >= 4 is 11.6 Å². The molecule has 0 atom stereocenters. The van der Waals surface area contributed by atoms with E-state index in [-0.39, 0.29) is 5.91 Å². The molecule has 1 fully saturated rings. The Morgan fingerprint density at radius 2 is 1.90 bits per heavy atom. The number of hydrogen-bond donors (Lipinski definition) is 1. The van der Waals surface area contributed by atoms with Crippen molar-refractivity contribution in [1.29, 1.82) is 0 Å². The summed E-state index contributed by atoms with van der Waals surface area (Å²) in [5.74, 6) is 0.222. The van der Waals surface area contributed by atoms with Crippen LogP contribution >= 0.6 is 0 Å². The van der Waals surface area contributed by atoms with Gasteiger partial charge in [-0.15, -0.1) is 0 Å². The summed E-state index contributed by atoms with van der Waals surface area (Å²) in [6.07, 6.45) is 0. The van der Waals surface area contributed by atoms with Gasteiger partial charge in [-0.25, -0.2) is 0 Å². The van der Waals surface area contributed by atoms with Gasteiger partial charge in [-0.05, 0) is 25.2 Å². The second kappa shape index (κ2) is 7.43. The predicted octanol–water partition coefficient (Wildman–Crippen LogP) is 0.865. The number of nitrogens with zero attached hydrogens (tertiary/aromatic N) is 3. The third-order valence-electron chi connectivity index (χ3n) is 4.11. The van der Waals surface area contributed by atoms with Crippen molar-refractivity contribution in [3.8, 4) is 0 Å². The zero-order valence-electron chi connectivity index (χ0n) is 13.1. The normalized spacial score (nSPS) is 16.4. The number of carbonyl (C=O) groups excluding carboxylic acids is 1. The van der Waals surface area contributed by atoms with Gasteiger partial charge in [0.05, 0.1) is 6.54 Å². The van der Waals surface area contributed by atoms with Gasteiger partial charge in [0.1, 0.15) is 0 Å². The van der Waals surface area contributed by atoms with Crippen LogP contribution in [0.25, 0.3) is 0 Å². The fraction of sp³-hybridized carbons (Fsp3) is 0.562. The number of piperazine rings is 1. The summed E-state index contributed by atoms with van der Waals surface area (Å²) in [7, 11) is 2.10. The fourth-order valence-corrected chi connectivity index (χ4v) is 2.55. The zero-order valence-corrected chi connectivity index (χ0v) is 13.1. The van der Waals surface area contributed by atoms with Crippen LogP contribution in [0.3, 0.4) is 0 Å². The number of nitrogen functional groups attached to an aromatic ring is 1. The van der Waals surface area contributed by atoms with Gasteiger partial charge in [-0.3, -0.25) is 9.69 Å². The summed E-state index contributed by atoms with van der Waals surface area (Å²) in [5, 5.41) is 0. The van der Waals surface area contributed by atoms with Gasteiger partial charge in [0.2, 0.25) is 5.91 Å². The standard InChI is InChI=1S/C16H26N4O/c1-3-19(12-14-6-4-5-7-15(14)17)13-16(21)20-10-8-18(2)9-11-20/h4-7H,3,8-13,17H2,1-2H3. The van der Waals surface area contributed by atoms with Crippen LogP contribution in [0.1, 0.15) is 12.5 Å². The lowest BCUT2D eigenvalue weighted by Gasteiger charge is -2.34. The summed E-state index contributed by atoms with van der Waals surface area (Å²) >= 11 is 0. The Morgan fingerprint density at radius 3 is 2.52 bits per heavy atom. The van der Waals surface area contributed by atoms with Crippen molar-refractivity contribution in [1.82, 2.24) is 14.7 Å². The van der Waals surface area contributed by atoms with Crippen molar-refractivity contribution in [3.05, 3.63) is 29.8 Å². The van der Waals surface area contributed by atoms with Gasteiger partial charge >= 0.3 is 0 Å². The number of anilines is 1. The van der Waals surface area contributed by atoms with Crippen LogP contribution in [0.5, 0.6) is 0 Å². The maximum Gasteiger partial charge on any atom is 0.236 e. The van der Waals surface area contributed by atoms with E-state index in [1.807, 2.05) is 29.2 Å². The first-order valence-electron chi connectivity index (χ1n) is 7.62. The van der Waals surface area contributed by atoms with E-state index in [0.717, 1.165) is 50.5 Å². The number of benzene rings is 1. The molecule has 1 aliphatic rings. The second-order valence-electron chi connectivity index (χ2n) is 5.69. The first kappa shape index (κ1) is 15.8. The maximum atomic E-state index is 12.4. The molecule has 116 valence electrons. The molecule has 1 saturated heterocycles. The lowest BCUT2D eigenvalue weighted by Crippen LogP contribution is -2.50. The predicted molar refractivity (Wildman–Crippen MR) is 85.9 cm³/mol. The smallest absolute Gasteiger partial charge is 0.236 e. The molecule has 1 aromatic carbocycles. The minimum absolute atomic E-state index is 0.222. The summed E-state index contributed by atoms with van der Waals surface area (Å²) in [6.45, 7) is 7.70. The van der Waals surface area contributed by atoms with E-state index < -0.39 is 0 Å². The van der Waals surface area contributed by atoms with Crippen LogP contribution in [-0.2, 0) is 11.3 Å². The molecule has 1 aromatic rings. The minimum atomic E-state index is 0.222. The highest BCUT2D eigenvalue weighted by molar-refractivity contribution is 5.78. The van der Waals surface area contributed by atoms with Gasteiger partial charge in [-0.2, -0.15) is 0 Å². The van der Waals surface area contributed by atoms with E-state index in [2.05, 4.69) is 23.8 Å². The third-order valence-corrected chi connectivity index (χ3v) is 4.11. The van der Waals surface area contributed by atoms with E-state index in [9.17, 15) is 4.79 Å². The van der Waals surface area contributed by atoms with Crippen LogP contribution in [-0.4, -0.2) is 66.9 Å². The molecule has 5 nitrogen and oxygen atoms in total. The zero-order chi connectivity index (χ0) is 15.2. The highest BCUT2D eigenvalue weighted by atomic mass is 16.2. The van der Waals surface area contributed by atoms with Gasteiger partial charge in [0.15, 0.2) is 0 Å². The molecule has 1 heterocycles. The lowest BCUT2D eigenvalue weighted by molar-refractivity contribution is -0.134. The summed E-state index contributed by atoms with van der Waals surface area (Å²) < 4.78 is 0. The molecule has 0 bridgehead atoms. The number of para-hydroxylation sites is 1. The molecule has 1 amide bonds. The van der Waals surface area contributed by atoms with Crippen LogP contribution in [0.4, 0.5) is 5.69 Å². The van der Waals surface area contributed by atoms with Gasteiger partial charge < -0.3 is 15.5 Å². The first-order valence-corrected chi connectivity index (χ1v) is 7.62. The van der Waals surface area contributed by atoms with Crippen LogP contribution < -0.4 is 5.73 Å². The largest absolute Gasteiger partial charge is 0.398 e. The Hall–Kier alpha value is -1.59. The average molecular weight is 290 g/mol. The lowest BCUT2D eigenvalue weighted by atomic mass is 10.1. The van der Waals surface area contributed by atoms with Gasteiger partial charge in [0.25, 0.3) is 0 Å². The second-order valence-corrected chi connectivity index (χ2v) is 5.69. The third kappa shape index (κ3) is 4.44. The molecule has 0 spiro atoms. The molecule has 0 aliphatic carbocycles. The molecule has 0 aromatic heterocycles. The number of rotatable bonds is 5. The number of nitrogens with two attached hydrogens (primary N) is 1. The van der Waals surface area contributed by atoms with Crippen LogP contribution in [0, 0.1) is 0 Å². The Balaban J connectivity index is 1.90. The summed E-state index contributed by atoms with van der Waals surface area (Å²) in [5.41, 5.74) is 7.87. The van der Waals surface area contributed by atoms with E-state index >= 15 is 0 Å². The Morgan fingerprint density at radius 1 is 1.24 bits per heavy atom. The van der Waals surface area contributed by atoms with Gasteiger partial charge in [0, 0.05) is 38.4 Å². The molecule has 21 heavy (non-hydrogen) atoms. The maximum absolute atomic E-state index is 12.4. The summed E-state index contributed by atoms with van der Waals surface area (Å²) in [6, 6.07) is 7.86. The number of hydrogen-bond acceptors (Lipinski definition) is 4. The first-order chi connectivity index (χ1) is 10.1. The molecule has 2 N–H and O–H groups in total. The van der Waals surface area contributed by atoms with Crippen molar-refractivity contribution in [2.45, 2.75) is 13.5 Å². The quantitative estimate of drug-likeness (QED) is 0.818. The Bertz CT molecular complexity index is 469. The van der Waals surface area contributed by atoms with E-state index in [4.69, 9.17) is 5.73 Å². The van der Waals surface area contributed by atoms with Crippen molar-refractivity contribution in [3.63, 3.8) is 0 Å². The van der Waals surface area contributed by atoms with E-state index in [1.54, 1.807) is 0 Å². The minimum Gasteiger partial charge on any atom is -0.398 e. The van der Waals surface area contributed by atoms with E-state index in [0.29, 0.717) is 6.54 Å². The van der Waals surface area contributed by atoms with Crippen LogP contribution in [0.2, 0.25) is 0 Å². The number of amides is 1. The monoisotopic (exact) mass is 290 g/mol. The molecule has 0 radical (unpaired) electrons. The molecule has 0 saturated carbocycles. The highest BCUT2D eigenvalue weighted by Crippen LogP contribution is 2.13. The highest BCUT2D eigenvalue weighted by Gasteiger charge is 2.20. The van der Waals surface area contributed by atoms with Crippen molar-refractivity contribution < 1.29 is 4.79 Å². The molecule has 0 unspecified atom stereocenters. The van der Waals surface area contributed by atoms with E-state index in [1.165, 1.54) is 0 Å². The topological polar surface area (TPSA) is 52.8 Å². The Kier molecular flexibility index (Phi) is 5.59.